The summed E-state index contributed by atoms with van der Waals surface area (Å²) in [6.07, 6.45) is 5.01. The summed E-state index contributed by atoms with van der Waals surface area (Å²) < 4.78 is 0. The highest BCUT2D eigenvalue weighted by atomic mass is 16.4. The van der Waals surface area contributed by atoms with Crippen LogP contribution in [0.2, 0.25) is 0 Å². The Morgan fingerprint density at radius 1 is 1.44 bits per heavy atom. The first-order valence-electron chi connectivity index (χ1n) is 5.80. The molecule has 0 aliphatic heterocycles. The van der Waals surface area contributed by atoms with Crippen LogP contribution in [-0.2, 0) is 9.59 Å². The zero-order valence-corrected chi connectivity index (χ0v) is 9.66. The Morgan fingerprint density at radius 2 is 2.12 bits per heavy atom. The molecule has 0 saturated heterocycles. The van der Waals surface area contributed by atoms with Crippen LogP contribution in [0.15, 0.2) is 0 Å². The zero-order chi connectivity index (χ0) is 12.0. The van der Waals surface area contributed by atoms with E-state index in [9.17, 15) is 9.59 Å². The summed E-state index contributed by atoms with van der Waals surface area (Å²) in [4.78, 5) is 21.5. The van der Waals surface area contributed by atoms with Gasteiger partial charge in [0.2, 0.25) is 5.91 Å². The van der Waals surface area contributed by atoms with Crippen molar-refractivity contribution in [2.45, 2.75) is 38.6 Å². The van der Waals surface area contributed by atoms with Crippen LogP contribution in [0.4, 0.5) is 0 Å². The lowest BCUT2D eigenvalue weighted by atomic mass is 10.2. The zero-order valence-electron chi connectivity index (χ0n) is 9.66. The molecular weight excluding hydrogens is 208 g/mol. The molecule has 16 heavy (non-hydrogen) atoms. The fourth-order valence-electron chi connectivity index (χ4n) is 1.61. The van der Waals surface area contributed by atoms with E-state index in [1.165, 1.54) is 26.2 Å². The lowest BCUT2D eigenvalue weighted by Crippen LogP contribution is -2.46. The molecule has 1 atom stereocenters. The van der Waals surface area contributed by atoms with E-state index < -0.39 is 12.0 Å². The Hall–Kier alpha value is -1.10. The van der Waals surface area contributed by atoms with Gasteiger partial charge in [-0.15, -0.1) is 0 Å². The van der Waals surface area contributed by atoms with Crippen LogP contribution >= 0.6 is 0 Å². The molecule has 1 unspecified atom stereocenters. The minimum atomic E-state index is -0.995. The Kier molecular flexibility index (Phi) is 5.25. The predicted molar refractivity (Wildman–Crippen MR) is 60.1 cm³/mol. The number of aliphatic carboxylic acids is 1. The molecule has 1 amide bonds. The van der Waals surface area contributed by atoms with Gasteiger partial charge in [-0.05, 0) is 25.3 Å². The number of carbonyl (C=O) groups excluding carboxylic acids is 1. The van der Waals surface area contributed by atoms with E-state index in [1.807, 2.05) is 0 Å². The van der Waals surface area contributed by atoms with Gasteiger partial charge in [-0.25, -0.2) is 4.79 Å². The highest BCUT2D eigenvalue weighted by Gasteiger charge is 2.20. The molecule has 3 N–H and O–H groups in total. The van der Waals surface area contributed by atoms with Gasteiger partial charge in [0.1, 0.15) is 6.04 Å². The first kappa shape index (κ1) is 13.0. The molecular formula is C11H20N2O3. The third-order valence-electron chi connectivity index (χ3n) is 2.69. The Morgan fingerprint density at radius 3 is 2.62 bits per heavy atom. The van der Waals surface area contributed by atoms with E-state index in [2.05, 4.69) is 10.6 Å². The second-order valence-corrected chi connectivity index (χ2v) is 4.38. The van der Waals surface area contributed by atoms with E-state index in [4.69, 9.17) is 5.11 Å². The Bertz CT molecular complexity index is 252. The molecule has 1 aliphatic carbocycles. The van der Waals surface area contributed by atoms with Gasteiger partial charge in [0, 0.05) is 13.5 Å². The molecule has 0 aromatic carbocycles. The van der Waals surface area contributed by atoms with Crippen molar-refractivity contribution in [3.8, 4) is 0 Å². The summed E-state index contributed by atoms with van der Waals surface area (Å²) in [7, 11) is 0. The fraction of sp³-hybridized carbons (Fsp3) is 0.818. The number of carboxylic acids is 1. The standard InChI is InChI=1S/C11H20N2O3/c1-8(14)13-10(11(15)16)7-12-6-2-3-9-4-5-9/h9-10,12H,2-7H2,1H3,(H,13,14)(H,15,16). The largest absolute Gasteiger partial charge is 0.480 e. The molecule has 0 bridgehead atoms. The molecule has 0 spiro atoms. The maximum atomic E-state index is 10.8. The van der Waals surface area contributed by atoms with Crippen molar-refractivity contribution in [1.82, 2.24) is 10.6 Å². The smallest absolute Gasteiger partial charge is 0.327 e. The lowest BCUT2D eigenvalue weighted by molar-refractivity contribution is -0.141. The number of nitrogens with one attached hydrogen (secondary N) is 2. The normalized spacial score (nSPS) is 16.8. The summed E-state index contributed by atoms with van der Waals surface area (Å²) in [6, 6.07) is -0.821. The van der Waals surface area contributed by atoms with Crippen LogP contribution in [-0.4, -0.2) is 36.1 Å². The number of rotatable bonds is 8. The molecule has 1 rings (SSSR count). The molecule has 92 valence electrons. The molecule has 5 nitrogen and oxygen atoms in total. The molecule has 5 heteroatoms. The van der Waals surface area contributed by atoms with Crippen molar-refractivity contribution in [1.29, 1.82) is 0 Å². The third-order valence-corrected chi connectivity index (χ3v) is 2.69. The highest BCUT2D eigenvalue weighted by Crippen LogP contribution is 2.33. The quantitative estimate of drug-likeness (QED) is 0.524. The summed E-state index contributed by atoms with van der Waals surface area (Å²) >= 11 is 0. The molecule has 0 aromatic heterocycles. The Balaban J connectivity index is 2.05. The second-order valence-electron chi connectivity index (χ2n) is 4.38. The van der Waals surface area contributed by atoms with Crippen LogP contribution in [0.1, 0.15) is 32.6 Å². The van der Waals surface area contributed by atoms with E-state index in [0.29, 0.717) is 6.54 Å². The molecule has 0 heterocycles. The molecule has 1 aliphatic rings. The van der Waals surface area contributed by atoms with Crippen molar-refractivity contribution >= 4 is 11.9 Å². The van der Waals surface area contributed by atoms with Crippen molar-refractivity contribution < 1.29 is 14.7 Å². The number of amides is 1. The van der Waals surface area contributed by atoms with Crippen molar-refractivity contribution in [2.75, 3.05) is 13.1 Å². The maximum Gasteiger partial charge on any atom is 0.327 e. The first-order chi connectivity index (χ1) is 7.59. The van der Waals surface area contributed by atoms with Crippen LogP contribution in [0.5, 0.6) is 0 Å². The van der Waals surface area contributed by atoms with Gasteiger partial charge < -0.3 is 15.7 Å². The molecule has 1 fully saturated rings. The second kappa shape index (κ2) is 6.48. The summed E-state index contributed by atoms with van der Waals surface area (Å²) in [5, 5.41) is 14.3. The lowest BCUT2D eigenvalue weighted by Gasteiger charge is -2.13. The summed E-state index contributed by atoms with van der Waals surface area (Å²) in [5.74, 6) is -0.399. The Labute approximate surface area is 95.6 Å². The van der Waals surface area contributed by atoms with E-state index >= 15 is 0 Å². The van der Waals surface area contributed by atoms with Crippen LogP contribution in [0.3, 0.4) is 0 Å². The summed E-state index contributed by atoms with van der Waals surface area (Å²) in [6.45, 7) is 2.43. The third kappa shape index (κ3) is 5.70. The van der Waals surface area contributed by atoms with Crippen LogP contribution in [0, 0.1) is 5.92 Å². The van der Waals surface area contributed by atoms with Gasteiger partial charge >= 0.3 is 5.97 Å². The number of hydrogen-bond donors (Lipinski definition) is 3. The van der Waals surface area contributed by atoms with E-state index in [0.717, 1.165) is 18.9 Å². The number of hydrogen-bond acceptors (Lipinski definition) is 3. The minimum absolute atomic E-state index is 0.291. The van der Waals surface area contributed by atoms with Gasteiger partial charge in [0.05, 0.1) is 0 Å². The van der Waals surface area contributed by atoms with Crippen LogP contribution in [0.25, 0.3) is 0 Å². The average molecular weight is 228 g/mol. The van der Waals surface area contributed by atoms with Gasteiger partial charge in [0.25, 0.3) is 0 Å². The maximum absolute atomic E-state index is 10.8. The van der Waals surface area contributed by atoms with Gasteiger partial charge in [0.15, 0.2) is 0 Å². The molecule has 0 radical (unpaired) electrons. The van der Waals surface area contributed by atoms with E-state index in [-0.39, 0.29) is 5.91 Å². The fourth-order valence-corrected chi connectivity index (χ4v) is 1.61. The first-order valence-corrected chi connectivity index (χ1v) is 5.80. The van der Waals surface area contributed by atoms with Gasteiger partial charge in [-0.2, -0.15) is 0 Å². The topological polar surface area (TPSA) is 78.4 Å². The number of carbonyl (C=O) groups is 2. The number of carboxylic acid groups (broad SMARTS) is 1. The van der Waals surface area contributed by atoms with E-state index in [1.54, 1.807) is 0 Å². The molecule has 1 saturated carbocycles. The van der Waals surface area contributed by atoms with Crippen molar-refractivity contribution in [3.05, 3.63) is 0 Å². The van der Waals surface area contributed by atoms with Crippen molar-refractivity contribution in [2.24, 2.45) is 5.92 Å². The minimum Gasteiger partial charge on any atom is -0.480 e. The monoisotopic (exact) mass is 228 g/mol. The SMILES string of the molecule is CC(=O)NC(CNCCCC1CC1)C(=O)O. The van der Waals surface area contributed by atoms with Crippen molar-refractivity contribution in [3.63, 3.8) is 0 Å². The summed E-state index contributed by atoms with van der Waals surface area (Å²) in [5.41, 5.74) is 0. The van der Waals surface area contributed by atoms with Crippen LogP contribution < -0.4 is 10.6 Å². The van der Waals surface area contributed by atoms with Gasteiger partial charge in [-0.1, -0.05) is 12.8 Å². The predicted octanol–water partition coefficient (Wildman–Crippen LogP) is 0.355. The highest BCUT2D eigenvalue weighted by molar-refractivity contribution is 5.82. The average Bonchev–Trinajstić information content (AvgIpc) is 2.98. The van der Waals surface area contributed by atoms with Gasteiger partial charge in [-0.3, -0.25) is 4.79 Å². The molecule has 0 aromatic rings.